The summed E-state index contributed by atoms with van der Waals surface area (Å²) < 4.78 is 17.7. The van der Waals surface area contributed by atoms with E-state index >= 15 is 4.79 Å². The van der Waals surface area contributed by atoms with Crippen LogP contribution in [0.1, 0.15) is 71.1 Å². The molecule has 1 saturated heterocycles. The lowest BCUT2D eigenvalue weighted by Gasteiger charge is -2.37. The van der Waals surface area contributed by atoms with E-state index in [-0.39, 0.29) is 54.9 Å². The molecule has 21 heteroatoms. The molecule has 3 unspecified atom stereocenters. The molecule has 21 nitrogen and oxygen atoms in total. The van der Waals surface area contributed by atoms with E-state index in [1.54, 1.807) is 20.8 Å². The Kier molecular flexibility index (Phi) is 12.9. The number of hydrogen-bond donors (Lipinski definition) is 4. The number of rotatable bonds is 13. The largest absolute Gasteiger partial charge is 0.495 e. The third kappa shape index (κ3) is 8.29. The maximum atomic E-state index is 15.2. The van der Waals surface area contributed by atoms with Gasteiger partial charge in [0.25, 0.3) is 5.56 Å². The summed E-state index contributed by atoms with van der Waals surface area (Å²) in [5.74, 6) is -9.17. The summed E-state index contributed by atoms with van der Waals surface area (Å²) in [6.07, 6.45) is -0.723. The summed E-state index contributed by atoms with van der Waals surface area (Å²) in [5, 5.41) is 19.5. The molecule has 4 N–H and O–H groups in total. The van der Waals surface area contributed by atoms with Gasteiger partial charge in [-0.05, 0) is 62.4 Å². The smallest absolute Gasteiger partial charge is 0.326 e. The van der Waals surface area contributed by atoms with E-state index in [1.807, 2.05) is 0 Å². The van der Waals surface area contributed by atoms with Crippen molar-refractivity contribution >= 4 is 95.5 Å². The Morgan fingerprint density at radius 1 is 0.783 bits per heavy atom. The Balaban J connectivity index is 1.49. The van der Waals surface area contributed by atoms with Crippen molar-refractivity contribution in [2.45, 2.75) is 91.4 Å². The number of carboxylic acids is 2. The average Bonchev–Trinajstić information content (AvgIpc) is 3.29. The summed E-state index contributed by atoms with van der Waals surface area (Å²) in [6, 6.07) is 2.28. The van der Waals surface area contributed by atoms with E-state index in [1.165, 1.54) is 44.4 Å². The first-order chi connectivity index (χ1) is 32.5. The fourth-order valence-corrected chi connectivity index (χ4v) is 8.96. The molecular weight excluding hydrogens is 905 g/mol. The van der Waals surface area contributed by atoms with E-state index in [2.05, 4.69) is 10.6 Å². The van der Waals surface area contributed by atoms with Crippen LogP contribution in [0, 0.1) is 6.92 Å². The molecule has 0 saturated carbocycles. The first kappa shape index (κ1) is 48.6. The summed E-state index contributed by atoms with van der Waals surface area (Å²) >= 11 is 0. The van der Waals surface area contributed by atoms with E-state index in [9.17, 15) is 57.8 Å². The number of fused-ring (bicyclic) bond motifs is 6. The van der Waals surface area contributed by atoms with Gasteiger partial charge in [0.05, 0.1) is 35.2 Å². The third-order valence-corrected chi connectivity index (χ3v) is 12.5. The molecule has 1 aromatic heterocycles. The molecular formula is C48H44N4O17. The second-order valence-electron chi connectivity index (χ2n) is 16.8. The Morgan fingerprint density at radius 3 is 2.01 bits per heavy atom. The molecule has 69 heavy (non-hydrogen) atoms. The first-order valence-corrected chi connectivity index (χ1v) is 21.6. The second-order valence-corrected chi connectivity index (χ2v) is 16.8. The second kappa shape index (κ2) is 18.4. The zero-order chi connectivity index (χ0) is 50.7. The van der Waals surface area contributed by atoms with E-state index in [4.69, 9.17) is 19.3 Å². The fraction of sp³-hybridized carbons (Fsp3) is 0.333. The normalized spacial score (nSPS) is 15.8. The lowest BCUT2D eigenvalue weighted by Crippen LogP contribution is -2.65. The Bertz CT molecular complexity index is 3590. The minimum Gasteiger partial charge on any atom is -0.495 e. The van der Waals surface area contributed by atoms with Gasteiger partial charge in [0, 0.05) is 58.3 Å². The van der Waals surface area contributed by atoms with Crippen molar-refractivity contribution in [1.29, 1.82) is 0 Å². The number of aliphatic carboxylic acids is 2. The summed E-state index contributed by atoms with van der Waals surface area (Å²) in [4.78, 5) is 164. The van der Waals surface area contributed by atoms with Crippen LogP contribution in [0.25, 0.3) is 53.9 Å². The lowest BCUT2D eigenvalue weighted by atomic mass is 9.90. The Morgan fingerprint density at radius 2 is 1.41 bits per heavy atom. The molecule has 6 aromatic rings. The quantitative estimate of drug-likeness (QED) is 0.0555. The van der Waals surface area contributed by atoms with Crippen LogP contribution in [-0.4, -0.2) is 93.1 Å². The van der Waals surface area contributed by atoms with Gasteiger partial charge in [-0.2, -0.15) is 0 Å². The predicted molar refractivity (Wildman–Crippen MR) is 248 cm³/mol. The Labute approximate surface area is 387 Å². The number of methoxy groups -OCH3 is 1. The van der Waals surface area contributed by atoms with Crippen molar-refractivity contribution in [2.24, 2.45) is 0 Å². The van der Waals surface area contributed by atoms with Gasteiger partial charge in [-0.3, -0.25) is 52.7 Å². The fourth-order valence-electron chi connectivity index (χ4n) is 8.96. The van der Waals surface area contributed by atoms with Crippen LogP contribution in [0.3, 0.4) is 0 Å². The third-order valence-electron chi connectivity index (χ3n) is 12.5. The summed E-state index contributed by atoms with van der Waals surface area (Å²) in [5.41, 5.74) is -4.37. The zero-order valence-corrected chi connectivity index (χ0v) is 38.1. The van der Waals surface area contributed by atoms with E-state index in [0.29, 0.717) is 12.0 Å². The van der Waals surface area contributed by atoms with Crippen molar-refractivity contribution in [3.05, 3.63) is 92.8 Å². The van der Waals surface area contributed by atoms with E-state index < -0.39 is 141 Å². The SMILES string of the molecule is CCC(C)c1cc2c(=O)c3ccc4c(OC)c5c(=O)c6c(C)ccc(OC(C)=O)c6c(=O)c5c(OC(C)=O)c4c3c(=O)c2c(=O)n1CC(=O)N1CC(C(=O)N[C@@H](CCC(=O)O)C(=O)O)NC(=O)C1C. The van der Waals surface area contributed by atoms with Crippen LogP contribution in [0.5, 0.6) is 17.2 Å². The van der Waals surface area contributed by atoms with Crippen molar-refractivity contribution < 1.29 is 58.0 Å². The number of benzene rings is 5. The molecule has 3 amide bonds. The highest BCUT2D eigenvalue weighted by atomic mass is 16.5. The summed E-state index contributed by atoms with van der Waals surface area (Å²) in [7, 11) is 1.18. The highest BCUT2D eigenvalue weighted by Crippen LogP contribution is 2.44. The number of amides is 3. The zero-order valence-electron chi connectivity index (χ0n) is 38.1. The number of aryl methyl sites for hydroxylation is 1. The van der Waals surface area contributed by atoms with Gasteiger partial charge in [-0.25, -0.2) is 4.79 Å². The number of nitrogens with zero attached hydrogens (tertiary/aromatic N) is 2. The molecule has 358 valence electrons. The minimum absolute atomic E-state index is 0.0755. The molecule has 1 aliphatic heterocycles. The molecule has 5 aromatic carbocycles. The lowest BCUT2D eigenvalue weighted by molar-refractivity contribution is -0.148. The molecule has 0 radical (unpaired) electrons. The van der Waals surface area contributed by atoms with Crippen molar-refractivity contribution in [2.75, 3.05) is 13.7 Å². The first-order valence-electron chi connectivity index (χ1n) is 21.6. The van der Waals surface area contributed by atoms with Crippen molar-refractivity contribution in [3.63, 3.8) is 0 Å². The number of hydrogen-bond acceptors (Lipinski definition) is 15. The molecule has 0 bridgehead atoms. The molecule has 7 rings (SSSR count). The maximum Gasteiger partial charge on any atom is 0.326 e. The monoisotopic (exact) mass is 948 g/mol. The minimum atomic E-state index is -1.65. The number of carbonyl (C=O) groups excluding carboxylic acids is 5. The van der Waals surface area contributed by atoms with E-state index in [0.717, 1.165) is 23.3 Å². The molecule has 4 atom stereocenters. The van der Waals surface area contributed by atoms with Crippen LogP contribution in [0.4, 0.5) is 0 Å². The molecule has 0 aliphatic carbocycles. The van der Waals surface area contributed by atoms with Gasteiger partial charge >= 0.3 is 23.9 Å². The number of pyridine rings is 1. The van der Waals surface area contributed by atoms with Crippen LogP contribution in [0.15, 0.2) is 54.3 Å². The van der Waals surface area contributed by atoms with Gasteiger partial charge in [0.15, 0.2) is 16.6 Å². The number of ether oxygens (including phenoxy) is 3. The molecule has 1 aliphatic rings. The number of carbonyl (C=O) groups is 7. The van der Waals surface area contributed by atoms with Crippen LogP contribution in [-0.2, 0) is 40.1 Å². The van der Waals surface area contributed by atoms with Gasteiger partial charge in [-0.15, -0.1) is 0 Å². The van der Waals surface area contributed by atoms with Crippen LogP contribution >= 0.6 is 0 Å². The maximum absolute atomic E-state index is 15.2. The summed E-state index contributed by atoms with van der Waals surface area (Å²) in [6.45, 7) is 7.07. The number of esters is 2. The van der Waals surface area contributed by atoms with Gasteiger partial charge in [0.1, 0.15) is 36.2 Å². The number of piperazine rings is 1. The number of nitrogens with one attached hydrogen (secondary N) is 2. The predicted octanol–water partition coefficient (Wildman–Crippen LogP) is 1.76. The standard InChI is InChI=1S/C48H44N4O17/c1-8-18(2)28-15-25-35(47(64)52(28)17-30(55)51-16-27(50-45(62)20(51)4)46(63)49-26(48(65)66)12-14-31(56)57)41(60)33-23(39(25)58)10-11-24-34(33)44(69-22(6)54)38-37(43(24)67-7)40(59)32-19(3)9-13-29(68-21(5)53)36(32)42(38)61/h9-11,13,15,18,20,26-27H,8,12,14,16-17H2,1-7H3,(H,49,63)(H,50,62)(H,56,57)(H,65,66)/t18?,20?,26-,27?/m0/s1. The topological polar surface area (TPSA) is 305 Å². The van der Waals surface area contributed by atoms with Gasteiger partial charge in [0.2, 0.25) is 28.6 Å². The number of carboxylic acid groups (broad SMARTS) is 2. The molecule has 0 spiro atoms. The van der Waals surface area contributed by atoms with Crippen molar-refractivity contribution in [3.8, 4) is 17.2 Å². The van der Waals surface area contributed by atoms with Gasteiger partial charge in [-0.1, -0.05) is 19.9 Å². The van der Waals surface area contributed by atoms with Crippen LogP contribution in [0.2, 0.25) is 0 Å². The highest BCUT2D eigenvalue weighted by Gasteiger charge is 2.39. The average molecular weight is 949 g/mol. The van der Waals surface area contributed by atoms with Gasteiger partial charge < -0.3 is 44.5 Å². The Hall–Kier alpha value is -8.36. The van der Waals surface area contributed by atoms with Crippen LogP contribution < -0.4 is 52.1 Å². The van der Waals surface area contributed by atoms with Crippen molar-refractivity contribution in [1.82, 2.24) is 20.1 Å². The number of aromatic nitrogens is 1. The highest BCUT2D eigenvalue weighted by molar-refractivity contribution is 6.24. The molecule has 2 heterocycles. The molecule has 1 fully saturated rings.